The second-order valence-corrected chi connectivity index (χ2v) is 2.52. The summed E-state index contributed by atoms with van der Waals surface area (Å²) in [7, 11) is 0. The van der Waals surface area contributed by atoms with E-state index in [1.165, 1.54) is 12.8 Å². The van der Waals surface area contributed by atoms with Gasteiger partial charge in [-0.3, -0.25) is 4.99 Å². The third kappa shape index (κ3) is 2.61. The molecule has 0 bridgehead atoms. The molecule has 0 aromatic heterocycles. The molecule has 0 heterocycles. The number of hydrogen-bond donors (Lipinski definition) is 1. The van der Waals surface area contributed by atoms with E-state index in [-0.39, 0.29) is 0 Å². The van der Waals surface area contributed by atoms with E-state index in [2.05, 4.69) is 4.99 Å². The quantitative estimate of drug-likeness (QED) is 0.567. The highest BCUT2D eigenvalue weighted by Gasteiger charge is 2.18. The maximum atomic E-state index is 8.94. The highest BCUT2D eigenvalue weighted by molar-refractivity contribution is 5.63. The second kappa shape index (κ2) is 2.97. The Morgan fingerprint density at radius 1 is 1.78 bits per heavy atom. The largest absolute Gasteiger partial charge is 0.372 e. The molecule has 1 atom stereocenters. The number of aliphatic imine (C=N–C) groups is 1. The SMILES string of the molecule is CC[C@H](O)/N=C/C1CC1. The predicted molar refractivity (Wildman–Crippen MR) is 37.5 cm³/mol. The van der Waals surface area contributed by atoms with E-state index in [1.54, 1.807) is 0 Å². The molecular weight excluding hydrogens is 114 g/mol. The van der Waals surface area contributed by atoms with Crippen molar-refractivity contribution in [1.29, 1.82) is 0 Å². The Balaban J connectivity index is 2.12. The molecule has 0 spiro atoms. The summed E-state index contributed by atoms with van der Waals surface area (Å²) in [5.74, 6) is 0.686. The summed E-state index contributed by atoms with van der Waals surface area (Å²) < 4.78 is 0. The second-order valence-electron chi connectivity index (χ2n) is 2.52. The van der Waals surface area contributed by atoms with Crippen molar-refractivity contribution in [3.63, 3.8) is 0 Å². The minimum atomic E-state index is -0.453. The first-order valence-corrected chi connectivity index (χ1v) is 3.54. The Morgan fingerprint density at radius 2 is 2.44 bits per heavy atom. The summed E-state index contributed by atoms with van der Waals surface area (Å²) >= 11 is 0. The van der Waals surface area contributed by atoms with Crippen LogP contribution in [0.25, 0.3) is 0 Å². The van der Waals surface area contributed by atoms with Crippen LogP contribution >= 0.6 is 0 Å². The zero-order chi connectivity index (χ0) is 6.69. The highest BCUT2D eigenvalue weighted by Crippen LogP contribution is 2.26. The van der Waals surface area contributed by atoms with Crippen LogP contribution in [-0.2, 0) is 0 Å². The third-order valence-corrected chi connectivity index (χ3v) is 1.46. The van der Waals surface area contributed by atoms with Crippen LogP contribution in [0.5, 0.6) is 0 Å². The first-order chi connectivity index (χ1) is 4.33. The molecule has 0 aromatic rings. The number of aliphatic hydroxyl groups is 1. The normalized spacial score (nSPS) is 22.9. The van der Waals surface area contributed by atoms with Crippen LogP contribution in [0.15, 0.2) is 4.99 Å². The van der Waals surface area contributed by atoms with Gasteiger partial charge < -0.3 is 5.11 Å². The van der Waals surface area contributed by atoms with E-state index < -0.39 is 6.23 Å². The van der Waals surface area contributed by atoms with Gasteiger partial charge in [0.2, 0.25) is 0 Å². The maximum Gasteiger partial charge on any atom is 0.144 e. The van der Waals surface area contributed by atoms with Crippen LogP contribution < -0.4 is 0 Å². The van der Waals surface area contributed by atoms with Crippen LogP contribution in [0.4, 0.5) is 0 Å². The first kappa shape index (κ1) is 6.75. The summed E-state index contributed by atoms with van der Waals surface area (Å²) in [6.07, 6.45) is 4.68. The lowest BCUT2D eigenvalue weighted by molar-refractivity contribution is 0.181. The van der Waals surface area contributed by atoms with E-state index in [4.69, 9.17) is 5.11 Å². The van der Waals surface area contributed by atoms with Gasteiger partial charge in [0, 0.05) is 6.21 Å². The van der Waals surface area contributed by atoms with Crippen LogP contribution in [0.1, 0.15) is 26.2 Å². The minimum absolute atomic E-state index is 0.453. The summed E-state index contributed by atoms with van der Waals surface area (Å²) in [6, 6.07) is 0. The Kier molecular flexibility index (Phi) is 2.22. The molecule has 0 aromatic carbocycles. The Bertz CT molecular complexity index is 107. The molecule has 2 heteroatoms. The molecule has 0 saturated heterocycles. The fourth-order valence-corrected chi connectivity index (χ4v) is 0.572. The highest BCUT2D eigenvalue weighted by atomic mass is 16.3. The molecule has 0 unspecified atom stereocenters. The topological polar surface area (TPSA) is 32.6 Å². The molecule has 1 fully saturated rings. The molecule has 1 N–H and O–H groups in total. The average Bonchev–Trinajstić information content (AvgIpc) is 2.65. The Hall–Kier alpha value is -0.370. The first-order valence-electron chi connectivity index (χ1n) is 3.54. The molecule has 0 amide bonds. The molecule has 0 aliphatic heterocycles. The van der Waals surface area contributed by atoms with Crippen molar-refractivity contribution < 1.29 is 5.11 Å². The molecule has 0 radical (unpaired) electrons. The van der Waals surface area contributed by atoms with Crippen LogP contribution in [0.2, 0.25) is 0 Å². The van der Waals surface area contributed by atoms with Gasteiger partial charge in [-0.2, -0.15) is 0 Å². The van der Waals surface area contributed by atoms with Gasteiger partial charge in [-0.15, -0.1) is 0 Å². The van der Waals surface area contributed by atoms with Crippen molar-refractivity contribution in [3.05, 3.63) is 0 Å². The van der Waals surface area contributed by atoms with E-state index in [9.17, 15) is 0 Å². The van der Waals surface area contributed by atoms with Crippen molar-refractivity contribution in [3.8, 4) is 0 Å². The van der Waals surface area contributed by atoms with Crippen molar-refractivity contribution in [2.75, 3.05) is 0 Å². The van der Waals surface area contributed by atoms with Crippen molar-refractivity contribution in [1.82, 2.24) is 0 Å². The summed E-state index contributed by atoms with van der Waals surface area (Å²) in [4.78, 5) is 3.94. The third-order valence-electron chi connectivity index (χ3n) is 1.46. The number of rotatable bonds is 3. The maximum absolute atomic E-state index is 8.94. The minimum Gasteiger partial charge on any atom is -0.372 e. The molecule has 52 valence electrons. The van der Waals surface area contributed by atoms with E-state index in [0.717, 1.165) is 6.42 Å². The lowest BCUT2D eigenvalue weighted by Crippen LogP contribution is -1.99. The fourth-order valence-electron chi connectivity index (χ4n) is 0.572. The van der Waals surface area contributed by atoms with Gasteiger partial charge in [0.1, 0.15) is 6.23 Å². The van der Waals surface area contributed by atoms with Gasteiger partial charge in [0.25, 0.3) is 0 Å². The lowest BCUT2D eigenvalue weighted by atomic mass is 10.4. The van der Waals surface area contributed by atoms with Gasteiger partial charge in [0.05, 0.1) is 0 Å². The summed E-state index contributed by atoms with van der Waals surface area (Å²) in [5, 5.41) is 8.94. The van der Waals surface area contributed by atoms with Gasteiger partial charge in [-0.05, 0) is 25.2 Å². The van der Waals surface area contributed by atoms with Gasteiger partial charge in [-0.25, -0.2) is 0 Å². The standard InChI is InChI=1S/C7H13NO/c1-2-7(9)8-5-6-3-4-6/h5-7,9H,2-4H2,1H3/b8-5+/t7-/m0/s1. The van der Waals surface area contributed by atoms with E-state index in [0.29, 0.717) is 5.92 Å². The fraction of sp³-hybridized carbons (Fsp3) is 0.857. The molecule has 1 rings (SSSR count). The smallest absolute Gasteiger partial charge is 0.144 e. The van der Waals surface area contributed by atoms with E-state index >= 15 is 0 Å². The van der Waals surface area contributed by atoms with E-state index in [1.807, 2.05) is 13.1 Å². The number of hydrogen-bond acceptors (Lipinski definition) is 2. The van der Waals surface area contributed by atoms with Crippen LogP contribution in [-0.4, -0.2) is 17.5 Å². The molecular formula is C7H13NO. The molecule has 1 aliphatic carbocycles. The van der Waals surface area contributed by atoms with Gasteiger partial charge in [-0.1, -0.05) is 6.92 Å². The monoisotopic (exact) mass is 127 g/mol. The molecule has 9 heavy (non-hydrogen) atoms. The van der Waals surface area contributed by atoms with Crippen LogP contribution in [0, 0.1) is 5.92 Å². The van der Waals surface area contributed by atoms with Crippen molar-refractivity contribution in [2.45, 2.75) is 32.4 Å². The lowest BCUT2D eigenvalue weighted by Gasteiger charge is -1.96. The van der Waals surface area contributed by atoms with Gasteiger partial charge >= 0.3 is 0 Å². The zero-order valence-electron chi connectivity index (χ0n) is 5.75. The summed E-state index contributed by atoms with van der Waals surface area (Å²) in [6.45, 7) is 1.93. The zero-order valence-corrected chi connectivity index (χ0v) is 5.75. The number of nitrogens with zero attached hydrogens (tertiary/aromatic N) is 1. The molecule has 2 nitrogen and oxygen atoms in total. The van der Waals surface area contributed by atoms with Gasteiger partial charge in [0.15, 0.2) is 0 Å². The average molecular weight is 127 g/mol. The Labute approximate surface area is 55.6 Å². The molecule has 1 saturated carbocycles. The number of aliphatic hydroxyl groups excluding tert-OH is 1. The summed E-state index contributed by atoms with van der Waals surface area (Å²) in [5.41, 5.74) is 0. The molecule has 1 aliphatic rings. The van der Waals surface area contributed by atoms with Crippen molar-refractivity contribution in [2.24, 2.45) is 10.9 Å². The Morgan fingerprint density at radius 3 is 2.89 bits per heavy atom. The predicted octanol–water partition coefficient (Wildman–Crippen LogP) is 1.20. The van der Waals surface area contributed by atoms with Crippen molar-refractivity contribution >= 4 is 6.21 Å². The van der Waals surface area contributed by atoms with Crippen LogP contribution in [0.3, 0.4) is 0 Å².